The zero-order valence-corrected chi connectivity index (χ0v) is 16.1. The van der Waals surface area contributed by atoms with Crippen molar-refractivity contribution in [3.8, 4) is 5.75 Å². The Labute approximate surface area is 158 Å². The molecule has 1 aromatic heterocycles. The molecule has 1 aromatic carbocycles. The van der Waals surface area contributed by atoms with Crippen molar-refractivity contribution in [1.82, 2.24) is 14.9 Å². The highest BCUT2D eigenvalue weighted by Crippen LogP contribution is 2.21. The number of piperazine rings is 1. The zero-order valence-electron chi connectivity index (χ0n) is 16.1. The van der Waals surface area contributed by atoms with Crippen LogP contribution in [0.5, 0.6) is 5.75 Å². The fourth-order valence-electron chi connectivity index (χ4n) is 3.00. The van der Waals surface area contributed by atoms with Crippen LogP contribution in [0.25, 0.3) is 0 Å². The number of carbonyl (C=O) groups is 1. The number of hydrogen-bond donors (Lipinski definition) is 0. The van der Waals surface area contributed by atoms with Crippen LogP contribution in [0.2, 0.25) is 0 Å². The summed E-state index contributed by atoms with van der Waals surface area (Å²) >= 11 is 0. The quantitative estimate of drug-likeness (QED) is 0.817. The predicted molar refractivity (Wildman–Crippen MR) is 102 cm³/mol. The van der Waals surface area contributed by atoms with Crippen LogP contribution in [0.1, 0.15) is 16.1 Å². The summed E-state index contributed by atoms with van der Waals surface area (Å²) in [7, 11) is 5.28. The van der Waals surface area contributed by atoms with Crippen molar-refractivity contribution in [3.05, 3.63) is 41.3 Å². The minimum Gasteiger partial charge on any atom is -0.494 e. The molecule has 1 saturated heterocycles. The fraction of sp³-hybridized carbons (Fsp3) is 0.421. The summed E-state index contributed by atoms with van der Waals surface area (Å²) in [5.74, 6) is 0.928. The lowest BCUT2D eigenvalue weighted by molar-refractivity contribution is 0.0745. The van der Waals surface area contributed by atoms with Crippen LogP contribution in [0, 0.1) is 12.7 Å². The minimum atomic E-state index is -0.536. The molecule has 0 radical (unpaired) electrons. The van der Waals surface area contributed by atoms with Gasteiger partial charge in [-0.1, -0.05) is 0 Å². The average Bonchev–Trinajstić information content (AvgIpc) is 2.67. The Kier molecular flexibility index (Phi) is 5.43. The highest BCUT2D eigenvalue weighted by molar-refractivity contribution is 5.94. The van der Waals surface area contributed by atoms with Crippen molar-refractivity contribution in [1.29, 1.82) is 0 Å². The SMILES string of the molecule is COc1ccc(C(=O)N2CCN(c3nc(C)cc(N(C)C)n3)CC2)cc1F. The third-order valence-corrected chi connectivity index (χ3v) is 4.54. The molecule has 2 heterocycles. The molecule has 0 atom stereocenters. The summed E-state index contributed by atoms with van der Waals surface area (Å²) in [6, 6.07) is 6.22. The number of anilines is 2. The van der Waals surface area contributed by atoms with E-state index in [1.165, 1.54) is 19.2 Å². The maximum atomic E-state index is 13.9. The van der Waals surface area contributed by atoms with Crippen molar-refractivity contribution in [2.24, 2.45) is 0 Å². The van der Waals surface area contributed by atoms with Gasteiger partial charge in [0.05, 0.1) is 7.11 Å². The first-order valence-electron chi connectivity index (χ1n) is 8.80. The maximum Gasteiger partial charge on any atom is 0.254 e. The molecule has 0 aliphatic carbocycles. The average molecular weight is 373 g/mol. The number of nitrogens with zero attached hydrogens (tertiary/aromatic N) is 5. The van der Waals surface area contributed by atoms with E-state index in [4.69, 9.17) is 4.74 Å². The van der Waals surface area contributed by atoms with Gasteiger partial charge >= 0.3 is 0 Å². The number of amides is 1. The first kappa shape index (κ1) is 18.9. The third kappa shape index (κ3) is 4.10. The predicted octanol–water partition coefficient (Wildman–Crippen LogP) is 1.96. The highest BCUT2D eigenvalue weighted by Gasteiger charge is 2.24. The van der Waals surface area contributed by atoms with E-state index in [9.17, 15) is 9.18 Å². The molecular weight excluding hydrogens is 349 g/mol. The zero-order chi connectivity index (χ0) is 19.6. The van der Waals surface area contributed by atoms with Crippen molar-refractivity contribution in [3.63, 3.8) is 0 Å². The Morgan fingerprint density at radius 1 is 1.15 bits per heavy atom. The first-order chi connectivity index (χ1) is 12.9. The summed E-state index contributed by atoms with van der Waals surface area (Å²) in [5, 5.41) is 0. The van der Waals surface area contributed by atoms with Gasteiger partial charge in [0, 0.05) is 57.6 Å². The van der Waals surface area contributed by atoms with E-state index in [0.717, 1.165) is 11.5 Å². The van der Waals surface area contributed by atoms with Gasteiger partial charge in [-0.05, 0) is 25.1 Å². The van der Waals surface area contributed by atoms with Crippen molar-refractivity contribution >= 4 is 17.7 Å². The number of benzene rings is 1. The monoisotopic (exact) mass is 373 g/mol. The van der Waals surface area contributed by atoms with Crippen LogP contribution < -0.4 is 14.5 Å². The molecule has 144 valence electrons. The van der Waals surface area contributed by atoms with E-state index in [1.54, 1.807) is 11.0 Å². The van der Waals surface area contributed by atoms with Crippen LogP contribution in [0.3, 0.4) is 0 Å². The van der Waals surface area contributed by atoms with Gasteiger partial charge in [-0.15, -0.1) is 0 Å². The molecule has 3 rings (SSSR count). The van der Waals surface area contributed by atoms with Crippen molar-refractivity contribution in [2.75, 3.05) is 57.2 Å². The summed E-state index contributed by atoms with van der Waals surface area (Å²) in [4.78, 5) is 27.5. The second kappa shape index (κ2) is 7.77. The smallest absolute Gasteiger partial charge is 0.254 e. The van der Waals surface area contributed by atoms with Gasteiger partial charge in [0.25, 0.3) is 5.91 Å². The van der Waals surface area contributed by atoms with Crippen molar-refractivity contribution < 1.29 is 13.9 Å². The second-order valence-corrected chi connectivity index (χ2v) is 6.69. The number of methoxy groups -OCH3 is 1. The lowest BCUT2D eigenvalue weighted by atomic mass is 10.1. The topological polar surface area (TPSA) is 61.8 Å². The molecule has 27 heavy (non-hydrogen) atoms. The van der Waals surface area contributed by atoms with Gasteiger partial charge in [-0.2, -0.15) is 4.98 Å². The first-order valence-corrected chi connectivity index (χ1v) is 8.80. The third-order valence-electron chi connectivity index (χ3n) is 4.54. The van der Waals surface area contributed by atoms with E-state index < -0.39 is 5.82 Å². The molecule has 0 saturated carbocycles. The van der Waals surface area contributed by atoms with Gasteiger partial charge < -0.3 is 19.4 Å². The van der Waals surface area contributed by atoms with E-state index in [2.05, 4.69) is 14.9 Å². The summed E-state index contributed by atoms with van der Waals surface area (Å²) in [6.45, 7) is 4.25. The molecule has 2 aromatic rings. The Balaban J connectivity index is 1.68. The molecule has 1 aliphatic rings. The summed E-state index contributed by atoms with van der Waals surface area (Å²) in [5.41, 5.74) is 1.22. The Morgan fingerprint density at radius 3 is 2.44 bits per heavy atom. The molecule has 8 heteroatoms. The Morgan fingerprint density at radius 2 is 1.85 bits per heavy atom. The van der Waals surface area contributed by atoms with Gasteiger partial charge in [0.2, 0.25) is 5.95 Å². The maximum absolute atomic E-state index is 13.9. The summed E-state index contributed by atoms with van der Waals surface area (Å²) < 4.78 is 18.8. The number of aromatic nitrogens is 2. The van der Waals surface area contributed by atoms with Crippen molar-refractivity contribution in [2.45, 2.75) is 6.92 Å². The number of hydrogen-bond acceptors (Lipinski definition) is 6. The molecule has 0 unspecified atom stereocenters. The molecule has 1 amide bonds. The second-order valence-electron chi connectivity index (χ2n) is 6.69. The number of ether oxygens (including phenoxy) is 1. The van der Waals surface area contributed by atoms with Gasteiger partial charge in [0.1, 0.15) is 5.82 Å². The fourth-order valence-corrected chi connectivity index (χ4v) is 3.00. The van der Waals surface area contributed by atoms with E-state index in [-0.39, 0.29) is 11.7 Å². The molecule has 7 nitrogen and oxygen atoms in total. The number of halogens is 1. The molecular formula is C19H24FN5O2. The lowest BCUT2D eigenvalue weighted by Crippen LogP contribution is -2.49. The van der Waals surface area contributed by atoms with Crippen LogP contribution >= 0.6 is 0 Å². The largest absolute Gasteiger partial charge is 0.494 e. The number of rotatable bonds is 4. The number of carbonyl (C=O) groups excluding carboxylic acids is 1. The highest BCUT2D eigenvalue weighted by atomic mass is 19.1. The summed E-state index contributed by atoms with van der Waals surface area (Å²) in [6.07, 6.45) is 0. The van der Waals surface area contributed by atoms with Gasteiger partial charge in [0.15, 0.2) is 11.6 Å². The van der Waals surface area contributed by atoms with Gasteiger partial charge in [-0.25, -0.2) is 9.37 Å². The molecule has 0 bridgehead atoms. The number of aryl methyl sites for hydroxylation is 1. The van der Waals surface area contributed by atoms with E-state index >= 15 is 0 Å². The standard InChI is InChI=1S/C19H24FN5O2/c1-13-11-17(23(2)3)22-19(21-13)25-9-7-24(8-10-25)18(26)14-5-6-16(27-4)15(20)12-14/h5-6,11-12H,7-10H2,1-4H3. The van der Waals surface area contributed by atoms with E-state index in [1.807, 2.05) is 32.0 Å². The molecule has 0 spiro atoms. The Hall–Kier alpha value is -2.90. The molecule has 1 aliphatic heterocycles. The Bertz CT molecular complexity index is 835. The molecule has 0 N–H and O–H groups in total. The minimum absolute atomic E-state index is 0.129. The molecule has 1 fully saturated rings. The lowest BCUT2D eigenvalue weighted by Gasteiger charge is -2.35. The van der Waals surface area contributed by atoms with Crippen LogP contribution in [0.15, 0.2) is 24.3 Å². The van der Waals surface area contributed by atoms with E-state index in [0.29, 0.717) is 37.7 Å². The van der Waals surface area contributed by atoms with Crippen LogP contribution in [-0.2, 0) is 0 Å². The normalized spacial score (nSPS) is 14.3. The van der Waals surface area contributed by atoms with Crippen LogP contribution in [-0.4, -0.2) is 68.2 Å². The van der Waals surface area contributed by atoms with Gasteiger partial charge in [-0.3, -0.25) is 4.79 Å². The van der Waals surface area contributed by atoms with Crippen LogP contribution in [0.4, 0.5) is 16.2 Å².